The van der Waals surface area contributed by atoms with Crippen molar-refractivity contribution in [2.75, 3.05) is 0 Å². The zero-order valence-corrected chi connectivity index (χ0v) is 13.7. The Bertz CT molecular complexity index is 796. The lowest BCUT2D eigenvalue weighted by atomic mass is 9.86. The number of pyridine rings is 2. The Morgan fingerprint density at radius 3 is 2.09 bits per heavy atom. The maximum atomic E-state index is 4.57. The van der Waals surface area contributed by atoms with E-state index in [1.54, 1.807) is 0 Å². The molecule has 0 spiro atoms. The summed E-state index contributed by atoms with van der Waals surface area (Å²) in [5, 5.41) is 0. The second-order valence-corrected chi connectivity index (χ2v) is 6.71. The van der Waals surface area contributed by atoms with Gasteiger partial charge in [-0.25, -0.2) is 0 Å². The number of aryl methyl sites for hydroxylation is 1. The molecule has 2 heterocycles. The standard InChI is InChI=1S/C20H22N2/c1-5-14-10-12-22-19-17(11-13-21-18(14)19)15-6-8-16(9-7-15)20(2,3)4/h6-13H,5H2,1-4H3. The van der Waals surface area contributed by atoms with Gasteiger partial charge in [0.1, 0.15) is 0 Å². The molecular weight excluding hydrogens is 268 g/mol. The van der Waals surface area contributed by atoms with Crippen LogP contribution in [-0.4, -0.2) is 9.97 Å². The van der Waals surface area contributed by atoms with E-state index in [2.05, 4.69) is 74.1 Å². The molecule has 0 saturated carbocycles. The van der Waals surface area contributed by atoms with Crippen molar-refractivity contribution < 1.29 is 0 Å². The van der Waals surface area contributed by atoms with Gasteiger partial charge < -0.3 is 0 Å². The van der Waals surface area contributed by atoms with E-state index in [1.807, 2.05) is 12.4 Å². The third-order valence-electron chi connectivity index (χ3n) is 4.15. The second-order valence-electron chi connectivity index (χ2n) is 6.71. The first-order valence-electron chi connectivity index (χ1n) is 7.84. The van der Waals surface area contributed by atoms with Crippen LogP contribution in [0.4, 0.5) is 0 Å². The molecule has 2 aromatic heterocycles. The molecule has 0 N–H and O–H groups in total. The van der Waals surface area contributed by atoms with E-state index in [0.29, 0.717) is 0 Å². The van der Waals surface area contributed by atoms with E-state index < -0.39 is 0 Å². The molecule has 3 rings (SSSR count). The molecule has 2 nitrogen and oxygen atoms in total. The average molecular weight is 290 g/mol. The Balaban J connectivity index is 2.14. The van der Waals surface area contributed by atoms with Gasteiger partial charge in [-0.1, -0.05) is 52.0 Å². The van der Waals surface area contributed by atoms with E-state index in [4.69, 9.17) is 0 Å². The molecule has 0 atom stereocenters. The average Bonchev–Trinajstić information content (AvgIpc) is 2.53. The van der Waals surface area contributed by atoms with Crippen LogP contribution in [0, 0.1) is 0 Å². The molecule has 2 heteroatoms. The first kappa shape index (κ1) is 14.7. The van der Waals surface area contributed by atoms with Crippen molar-refractivity contribution in [3.05, 3.63) is 59.9 Å². The molecule has 0 aliphatic rings. The summed E-state index contributed by atoms with van der Waals surface area (Å²) in [6.45, 7) is 8.86. The topological polar surface area (TPSA) is 25.8 Å². The number of rotatable bonds is 2. The van der Waals surface area contributed by atoms with Crippen LogP contribution in [-0.2, 0) is 11.8 Å². The summed E-state index contributed by atoms with van der Waals surface area (Å²) in [6.07, 6.45) is 4.74. The molecule has 0 fully saturated rings. The molecule has 112 valence electrons. The second kappa shape index (κ2) is 5.53. The molecule has 0 unspecified atom stereocenters. The number of fused-ring (bicyclic) bond motifs is 1. The number of aromatic nitrogens is 2. The van der Waals surface area contributed by atoms with Gasteiger partial charge in [-0.15, -0.1) is 0 Å². The molecule has 0 amide bonds. The van der Waals surface area contributed by atoms with Crippen molar-refractivity contribution in [1.29, 1.82) is 0 Å². The lowest BCUT2D eigenvalue weighted by molar-refractivity contribution is 0.590. The lowest BCUT2D eigenvalue weighted by Gasteiger charge is -2.19. The maximum absolute atomic E-state index is 4.57. The monoisotopic (exact) mass is 290 g/mol. The molecule has 1 aromatic carbocycles. The smallest absolute Gasteiger partial charge is 0.0967 e. The van der Waals surface area contributed by atoms with Crippen LogP contribution in [0.3, 0.4) is 0 Å². The van der Waals surface area contributed by atoms with Gasteiger partial charge in [0.2, 0.25) is 0 Å². The van der Waals surface area contributed by atoms with Crippen molar-refractivity contribution >= 4 is 11.0 Å². The fourth-order valence-corrected chi connectivity index (χ4v) is 2.77. The summed E-state index contributed by atoms with van der Waals surface area (Å²) in [5.41, 5.74) is 7.12. The minimum absolute atomic E-state index is 0.173. The maximum Gasteiger partial charge on any atom is 0.0967 e. The molecule has 22 heavy (non-hydrogen) atoms. The van der Waals surface area contributed by atoms with Crippen molar-refractivity contribution in [1.82, 2.24) is 9.97 Å². The van der Waals surface area contributed by atoms with Crippen LogP contribution in [0.15, 0.2) is 48.8 Å². The zero-order valence-electron chi connectivity index (χ0n) is 13.7. The molecule has 0 aliphatic heterocycles. The summed E-state index contributed by atoms with van der Waals surface area (Å²) in [6, 6.07) is 12.9. The number of nitrogens with zero attached hydrogens (tertiary/aromatic N) is 2. The minimum atomic E-state index is 0.173. The highest BCUT2D eigenvalue weighted by Gasteiger charge is 2.14. The third-order valence-corrected chi connectivity index (χ3v) is 4.15. The van der Waals surface area contributed by atoms with Crippen molar-refractivity contribution in [2.24, 2.45) is 0 Å². The van der Waals surface area contributed by atoms with Gasteiger partial charge in [0, 0.05) is 18.0 Å². The predicted molar refractivity (Wildman–Crippen MR) is 93.1 cm³/mol. The molecular formula is C20H22N2. The molecule has 0 aliphatic carbocycles. The molecule has 0 bridgehead atoms. The number of benzene rings is 1. The highest BCUT2D eigenvalue weighted by Crippen LogP contribution is 2.30. The van der Waals surface area contributed by atoms with Crippen molar-refractivity contribution in [3.8, 4) is 11.1 Å². The summed E-state index contributed by atoms with van der Waals surface area (Å²) >= 11 is 0. The zero-order chi connectivity index (χ0) is 15.7. The molecule has 0 saturated heterocycles. The fourth-order valence-electron chi connectivity index (χ4n) is 2.77. The van der Waals surface area contributed by atoms with Crippen molar-refractivity contribution in [2.45, 2.75) is 39.5 Å². The SMILES string of the molecule is CCc1ccnc2c(-c3ccc(C(C)(C)C)cc3)ccnc12. The van der Waals surface area contributed by atoms with Gasteiger partial charge >= 0.3 is 0 Å². The quantitative estimate of drug-likeness (QED) is 0.651. The van der Waals surface area contributed by atoms with Crippen molar-refractivity contribution in [3.63, 3.8) is 0 Å². The van der Waals surface area contributed by atoms with Crippen LogP contribution >= 0.6 is 0 Å². The van der Waals surface area contributed by atoms with Gasteiger partial charge in [-0.2, -0.15) is 0 Å². The predicted octanol–water partition coefficient (Wildman–Crippen LogP) is 5.16. The van der Waals surface area contributed by atoms with E-state index in [-0.39, 0.29) is 5.41 Å². The van der Waals surface area contributed by atoms with Gasteiger partial charge in [-0.05, 0) is 40.7 Å². The Kier molecular flexibility index (Phi) is 3.69. The Morgan fingerprint density at radius 1 is 0.818 bits per heavy atom. The molecule has 3 aromatic rings. The lowest BCUT2D eigenvalue weighted by Crippen LogP contribution is -2.10. The Morgan fingerprint density at radius 2 is 1.45 bits per heavy atom. The first-order valence-corrected chi connectivity index (χ1v) is 7.84. The van der Waals surface area contributed by atoms with E-state index in [0.717, 1.165) is 23.0 Å². The van der Waals surface area contributed by atoms with Gasteiger partial charge in [0.05, 0.1) is 11.0 Å². The van der Waals surface area contributed by atoms with E-state index in [1.165, 1.54) is 16.7 Å². The summed E-state index contributed by atoms with van der Waals surface area (Å²) in [7, 11) is 0. The number of hydrogen-bond donors (Lipinski definition) is 0. The van der Waals surface area contributed by atoms with E-state index in [9.17, 15) is 0 Å². The highest BCUT2D eigenvalue weighted by atomic mass is 14.7. The third kappa shape index (κ3) is 2.61. The summed E-state index contributed by atoms with van der Waals surface area (Å²) in [4.78, 5) is 9.11. The fraction of sp³-hybridized carbons (Fsp3) is 0.300. The first-order chi connectivity index (χ1) is 10.5. The van der Waals surface area contributed by atoms with Crippen LogP contribution in [0.1, 0.15) is 38.8 Å². The Hall–Kier alpha value is -2.22. The normalized spacial score (nSPS) is 11.8. The Labute approximate surface area is 132 Å². The molecule has 0 radical (unpaired) electrons. The largest absolute Gasteiger partial charge is 0.254 e. The number of hydrogen-bond acceptors (Lipinski definition) is 2. The van der Waals surface area contributed by atoms with Crippen LogP contribution in [0.25, 0.3) is 22.2 Å². The van der Waals surface area contributed by atoms with Crippen LogP contribution in [0.2, 0.25) is 0 Å². The van der Waals surface area contributed by atoms with Crippen LogP contribution in [0.5, 0.6) is 0 Å². The van der Waals surface area contributed by atoms with Gasteiger partial charge in [-0.3, -0.25) is 9.97 Å². The highest BCUT2D eigenvalue weighted by molar-refractivity contribution is 5.92. The van der Waals surface area contributed by atoms with Crippen LogP contribution < -0.4 is 0 Å². The summed E-state index contributed by atoms with van der Waals surface area (Å²) in [5.74, 6) is 0. The van der Waals surface area contributed by atoms with Gasteiger partial charge in [0.25, 0.3) is 0 Å². The summed E-state index contributed by atoms with van der Waals surface area (Å²) < 4.78 is 0. The van der Waals surface area contributed by atoms with Gasteiger partial charge in [0.15, 0.2) is 0 Å². The van der Waals surface area contributed by atoms with E-state index >= 15 is 0 Å². The minimum Gasteiger partial charge on any atom is -0.254 e.